The molecule has 0 atom stereocenters. The van der Waals surface area contributed by atoms with Gasteiger partial charge in [-0.05, 0) is 79.3 Å². The number of halogens is 1. The maximum Gasteiger partial charge on any atom is 0.258 e. The molecule has 2 aliphatic rings. The fourth-order valence-electron chi connectivity index (χ4n) is 6.61. The highest BCUT2D eigenvalue weighted by Crippen LogP contribution is 2.40. The number of piperidine rings is 1. The molecule has 47 heavy (non-hydrogen) atoms. The van der Waals surface area contributed by atoms with E-state index in [-0.39, 0.29) is 5.56 Å². The predicted molar refractivity (Wildman–Crippen MR) is 194 cm³/mol. The first-order valence-corrected chi connectivity index (χ1v) is 19.5. The maximum absolute atomic E-state index is 13.5. The average molecular weight is 725 g/mol. The number of hydrogen-bond acceptors (Lipinski definition) is 11. The number of anilines is 5. The van der Waals surface area contributed by atoms with Crippen LogP contribution in [0.4, 0.5) is 28.8 Å². The Bertz CT molecular complexity index is 1860. The van der Waals surface area contributed by atoms with Crippen LogP contribution in [0.25, 0.3) is 5.65 Å². The summed E-state index contributed by atoms with van der Waals surface area (Å²) in [5.74, 6) is 1.51. The highest BCUT2D eigenvalue weighted by molar-refractivity contribution is 9.10. The Balaban J connectivity index is 1.24. The van der Waals surface area contributed by atoms with Crippen molar-refractivity contribution in [3.8, 4) is 5.75 Å². The molecular formula is C33H43BrN9O3P. The van der Waals surface area contributed by atoms with Crippen molar-refractivity contribution in [1.29, 1.82) is 0 Å². The van der Waals surface area contributed by atoms with Gasteiger partial charge in [-0.1, -0.05) is 6.92 Å². The Kier molecular flexibility index (Phi) is 9.89. The first-order chi connectivity index (χ1) is 22.5. The molecule has 2 aliphatic heterocycles. The molecule has 1 aromatic carbocycles. The number of fused-ring (bicyclic) bond motifs is 1. The van der Waals surface area contributed by atoms with E-state index >= 15 is 0 Å². The molecule has 0 amide bonds. The van der Waals surface area contributed by atoms with Gasteiger partial charge < -0.3 is 29.7 Å². The van der Waals surface area contributed by atoms with Crippen LogP contribution in [-0.2, 0) is 11.0 Å². The fourth-order valence-corrected chi connectivity index (χ4v) is 8.30. The minimum Gasteiger partial charge on any atom is -0.494 e. The Labute approximate surface area is 284 Å². The van der Waals surface area contributed by atoms with Crippen LogP contribution in [0.5, 0.6) is 5.75 Å². The van der Waals surface area contributed by atoms with E-state index in [1.54, 1.807) is 38.8 Å². The molecule has 0 saturated carbocycles. The number of nitrogens with one attached hydrogen (secondary N) is 2. The normalized spacial score (nSPS) is 16.9. The van der Waals surface area contributed by atoms with Gasteiger partial charge in [0.2, 0.25) is 5.95 Å². The molecule has 2 saturated heterocycles. The van der Waals surface area contributed by atoms with Gasteiger partial charge in [0.1, 0.15) is 29.8 Å². The molecule has 0 radical (unpaired) electrons. The van der Waals surface area contributed by atoms with Crippen molar-refractivity contribution in [1.82, 2.24) is 29.2 Å². The van der Waals surface area contributed by atoms with Crippen LogP contribution in [-0.4, -0.2) is 102 Å². The second kappa shape index (κ2) is 13.9. The molecule has 4 aromatic rings. The van der Waals surface area contributed by atoms with Gasteiger partial charge in [0.25, 0.3) is 5.56 Å². The minimum atomic E-state index is -2.94. The Morgan fingerprint density at radius 2 is 1.74 bits per heavy atom. The SMILES string of the molecule is CCc1cc(Nc2ncc(Br)c(Nc3ccc4nccc(=O)n4c3P(C)(C)=O)n2)c(OC)cc1N1CCC(N2CCN(C)CC2)CC1. The Morgan fingerprint density at radius 1 is 1.00 bits per heavy atom. The predicted octanol–water partition coefficient (Wildman–Crippen LogP) is 4.77. The van der Waals surface area contributed by atoms with Gasteiger partial charge in [0.15, 0.2) is 0 Å². The van der Waals surface area contributed by atoms with E-state index in [0.29, 0.717) is 44.8 Å². The van der Waals surface area contributed by atoms with Gasteiger partial charge in [-0.2, -0.15) is 4.98 Å². The second-order valence-corrected chi connectivity index (χ2v) is 16.6. The standard InChI is InChI=1S/C33H43BrN9O3P/c1-6-22-19-26(28(46-3)20-27(22)42-13-10-23(11-14-42)41-17-15-40(2)16-18-41)38-33-36-21-24(34)31(39-33)37-25-7-8-29-35-12-9-30(44)43(29)32(25)47(4,5)45/h7-9,12,19-21,23H,6,10-11,13-18H2,1-5H3,(H2,36,37,38,39). The van der Waals surface area contributed by atoms with Crippen LogP contribution < -0.4 is 31.3 Å². The number of rotatable bonds is 9. The number of benzene rings is 1. The lowest BCUT2D eigenvalue weighted by Crippen LogP contribution is -2.52. The van der Waals surface area contributed by atoms with Crippen LogP contribution in [0.2, 0.25) is 0 Å². The van der Waals surface area contributed by atoms with Crippen molar-refractivity contribution in [2.45, 2.75) is 32.2 Å². The van der Waals surface area contributed by atoms with Gasteiger partial charge in [0.05, 0.1) is 23.0 Å². The summed E-state index contributed by atoms with van der Waals surface area (Å²) in [5, 5.41) is 6.65. The summed E-state index contributed by atoms with van der Waals surface area (Å²) in [6.45, 7) is 12.1. The smallest absolute Gasteiger partial charge is 0.258 e. The summed E-state index contributed by atoms with van der Waals surface area (Å²) >= 11 is 3.55. The van der Waals surface area contributed by atoms with E-state index in [2.05, 4.69) is 77.3 Å². The van der Waals surface area contributed by atoms with Gasteiger partial charge in [-0.25, -0.2) is 9.97 Å². The summed E-state index contributed by atoms with van der Waals surface area (Å²) in [7, 11) is 0.949. The van der Waals surface area contributed by atoms with E-state index in [4.69, 9.17) is 9.72 Å². The van der Waals surface area contributed by atoms with E-state index in [1.165, 1.54) is 27.9 Å². The number of methoxy groups -OCH3 is 1. The monoisotopic (exact) mass is 723 g/mol. The zero-order valence-electron chi connectivity index (χ0n) is 27.7. The highest BCUT2D eigenvalue weighted by atomic mass is 79.9. The first-order valence-electron chi connectivity index (χ1n) is 16.1. The third kappa shape index (κ3) is 7.18. The quantitative estimate of drug-likeness (QED) is 0.233. The molecule has 250 valence electrons. The van der Waals surface area contributed by atoms with E-state index in [0.717, 1.165) is 64.2 Å². The minimum absolute atomic E-state index is 0.302. The molecule has 0 bridgehead atoms. The molecule has 12 nitrogen and oxygen atoms in total. The lowest BCUT2D eigenvalue weighted by Gasteiger charge is -2.43. The van der Waals surface area contributed by atoms with Crippen molar-refractivity contribution < 1.29 is 9.30 Å². The molecular weight excluding hydrogens is 681 g/mol. The Morgan fingerprint density at radius 3 is 2.43 bits per heavy atom. The highest BCUT2D eigenvalue weighted by Gasteiger charge is 2.28. The van der Waals surface area contributed by atoms with Crippen LogP contribution in [0.15, 0.2) is 52.0 Å². The molecule has 2 fully saturated rings. The number of aromatic nitrogens is 4. The summed E-state index contributed by atoms with van der Waals surface area (Å²) in [4.78, 5) is 33.9. The van der Waals surface area contributed by atoms with Gasteiger partial charge in [-0.15, -0.1) is 0 Å². The summed E-state index contributed by atoms with van der Waals surface area (Å²) in [6, 6.07) is 9.74. The van der Waals surface area contributed by atoms with E-state index < -0.39 is 7.14 Å². The third-order valence-electron chi connectivity index (χ3n) is 9.12. The van der Waals surface area contributed by atoms with E-state index in [9.17, 15) is 9.36 Å². The third-order valence-corrected chi connectivity index (χ3v) is 11.2. The zero-order valence-corrected chi connectivity index (χ0v) is 30.1. The van der Waals surface area contributed by atoms with Crippen LogP contribution in [0, 0.1) is 0 Å². The number of nitrogens with zero attached hydrogens (tertiary/aromatic N) is 7. The molecule has 3 aromatic heterocycles. The summed E-state index contributed by atoms with van der Waals surface area (Å²) < 4.78 is 21.3. The first kappa shape index (κ1) is 33.4. The lowest BCUT2D eigenvalue weighted by molar-refractivity contribution is 0.0982. The van der Waals surface area contributed by atoms with Crippen molar-refractivity contribution >= 4 is 63.0 Å². The second-order valence-electron chi connectivity index (χ2n) is 12.6. The number of piperazine rings is 1. The van der Waals surface area contributed by atoms with Gasteiger partial charge in [0, 0.05) is 75.5 Å². The molecule has 0 unspecified atom stereocenters. The number of likely N-dealkylation sites (N-methyl/N-ethyl adjacent to an activating group) is 1. The maximum atomic E-state index is 13.5. The lowest BCUT2D eigenvalue weighted by atomic mass is 9.99. The molecule has 14 heteroatoms. The topological polar surface area (TPSA) is 120 Å². The van der Waals surface area contributed by atoms with E-state index in [1.807, 2.05) is 0 Å². The van der Waals surface area contributed by atoms with Crippen LogP contribution in [0.3, 0.4) is 0 Å². The van der Waals surface area contributed by atoms with Gasteiger partial charge in [-0.3, -0.25) is 14.1 Å². The van der Waals surface area contributed by atoms with Crippen molar-refractivity contribution in [2.24, 2.45) is 0 Å². The summed E-state index contributed by atoms with van der Waals surface area (Å²) in [6.07, 6.45) is 6.29. The number of hydrogen-bond donors (Lipinski definition) is 2. The van der Waals surface area contributed by atoms with Crippen molar-refractivity contribution in [3.05, 3.63) is 63.1 Å². The van der Waals surface area contributed by atoms with Crippen molar-refractivity contribution in [3.63, 3.8) is 0 Å². The largest absolute Gasteiger partial charge is 0.494 e. The zero-order chi connectivity index (χ0) is 33.3. The molecule has 5 heterocycles. The Hall–Kier alpha value is -3.51. The number of aryl methyl sites for hydroxylation is 1. The van der Waals surface area contributed by atoms with Crippen LogP contribution in [0.1, 0.15) is 25.3 Å². The molecule has 2 N–H and O–H groups in total. The average Bonchev–Trinajstić information content (AvgIpc) is 3.06. The van der Waals surface area contributed by atoms with Crippen LogP contribution >= 0.6 is 23.1 Å². The fraction of sp³-hybridized carbons (Fsp3) is 0.455. The van der Waals surface area contributed by atoms with Crippen molar-refractivity contribution in [2.75, 3.05) is 82.3 Å². The molecule has 0 aliphatic carbocycles. The molecule has 0 spiro atoms. The summed E-state index contributed by atoms with van der Waals surface area (Å²) in [5.41, 5.74) is 4.19. The number of ether oxygens (including phenoxy) is 1. The number of pyridine rings is 1. The molecule has 6 rings (SSSR count). The van der Waals surface area contributed by atoms with Gasteiger partial charge >= 0.3 is 0 Å².